The van der Waals surface area contributed by atoms with Gasteiger partial charge in [0.1, 0.15) is 17.4 Å². The molecule has 0 saturated carbocycles. The smallest absolute Gasteiger partial charge is 0.261 e. The van der Waals surface area contributed by atoms with E-state index in [1.54, 1.807) is 29.2 Å². The summed E-state index contributed by atoms with van der Waals surface area (Å²) in [5, 5.41) is 7.36. The summed E-state index contributed by atoms with van der Waals surface area (Å²) in [4.78, 5) is 21.9. The van der Waals surface area contributed by atoms with E-state index in [-0.39, 0.29) is 12.0 Å². The van der Waals surface area contributed by atoms with E-state index in [2.05, 4.69) is 51.4 Å². The Morgan fingerprint density at radius 2 is 2.12 bits per heavy atom. The Hall–Kier alpha value is -3.17. The molecule has 0 aliphatic carbocycles. The van der Waals surface area contributed by atoms with Crippen LogP contribution < -0.4 is 15.0 Å². The van der Waals surface area contributed by atoms with Crippen LogP contribution in [0.25, 0.3) is 5.65 Å². The molecule has 168 valence electrons. The van der Waals surface area contributed by atoms with Gasteiger partial charge in [0.2, 0.25) is 0 Å². The summed E-state index contributed by atoms with van der Waals surface area (Å²) < 4.78 is 13.4. The summed E-state index contributed by atoms with van der Waals surface area (Å²) in [5.74, 6) is 0.683. The van der Waals surface area contributed by atoms with Gasteiger partial charge in [-0.15, -0.1) is 0 Å². The number of rotatable bonds is 6. The van der Waals surface area contributed by atoms with Crippen LogP contribution in [0.15, 0.2) is 36.8 Å². The van der Waals surface area contributed by atoms with Crippen molar-refractivity contribution in [3.63, 3.8) is 0 Å². The molecule has 1 saturated heterocycles. The topological polar surface area (TPSA) is 84.2 Å². The molecular weight excluding hydrogens is 408 g/mol. The molecule has 1 fully saturated rings. The zero-order valence-electron chi connectivity index (χ0n) is 18.5. The molecule has 1 atom stereocenters. The zero-order valence-corrected chi connectivity index (χ0v) is 18.5. The van der Waals surface area contributed by atoms with E-state index in [9.17, 15) is 4.79 Å². The van der Waals surface area contributed by atoms with Crippen LogP contribution in [0.5, 0.6) is 5.75 Å². The van der Waals surface area contributed by atoms with E-state index in [1.165, 1.54) is 0 Å². The van der Waals surface area contributed by atoms with Gasteiger partial charge >= 0.3 is 0 Å². The molecule has 0 spiro atoms. The fraction of sp³-hybridized carbons (Fsp3) is 0.435. The third kappa shape index (κ3) is 4.13. The van der Waals surface area contributed by atoms with Gasteiger partial charge in [-0.2, -0.15) is 5.10 Å². The van der Waals surface area contributed by atoms with Crippen molar-refractivity contribution in [2.45, 2.75) is 18.9 Å². The number of nitrogens with one attached hydrogen (secondary N) is 1. The Bertz CT molecular complexity index is 1120. The number of hydrogen-bond acceptors (Lipinski definition) is 7. The molecule has 2 aromatic heterocycles. The van der Waals surface area contributed by atoms with Crippen LogP contribution in [0.2, 0.25) is 0 Å². The Kier molecular flexibility index (Phi) is 5.67. The highest BCUT2D eigenvalue weighted by Crippen LogP contribution is 2.39. The quantitative estimate of drug-likeness (QED) is 0.633. The molecule has 32 heavy (non-hydrogen) atoms. The summed E-state index contributed by atoms with van der Waals surface area (Å²) in [5.41, 5.74) is 3.84. The molecule has 3 aromatic rings. The SMILES string of the molecule is CN(C)CCC1Cc2cc(NC(=O)c3cnn4cccnc34)c(N3CCOCC3)cc2O1. The van der Waals surface area contributed by atoms with Crippen molar-refractivity contribution < 1.29 is 14.3 Å². The number of ether oxygens (including phenoxy) is 2. The minimum atomic E-state index is -0.226. The summed E-state index contributed by atoms with van der Waals surface area (Å²) in [6.45, 7) is 3.83. The first-order valence-corrected chi connectivity index (χ1v) is 11.0. The van der Waals surface area contributed by atoms with Gasteiger partial charge < -0.3 is 24.6 Å². The van der Waals surface area contributed by atoms with Crippen LogP contribution in [-0.2, 0) is 11.2 Å². The van der Waals surface area contributed by atoms with E-state index in [4.69, 9.17) is 9.47 Å². The normalized spacial score (nSPS) is 18.1. The number of morpholine rings is 1. The third-order valence-electron chi connectivity index (χ3n) is 5.94. The first-order valence-electron chi connectivity index (χ1n) is 11.0. The number of carbonyl (C=O) groups excluding carboxylic acids is 1. The van der Waals surface area contributed by atoms with Gasteiger partial charge in [0.05, 0.1) is 30.8 Å². The number of hydrogen-bond donors (Lipinski definition) is 1. The first-order chi connectivity index (χ1) is 15.6. The summed E-state index contributed by atoms with van der Waals surface area (Å²) in [7, 11) is 4.14. The van der Waals surface area contributed by atoms with Gasteiger partial charge in [0, 0.05) is 50.1 Å². The average Bonchev–Trinajstić information content (AvgIpc) is 3.41. The van der Waals surface area contributed by atoms with Crippen molar-refractivity contribution in [1.29, 1.82) is 0 Å². The number of amides is 1. The van der Waals surface area contributed by atoms with Crippen LogP contribution in [0.4, 0.5) is 11.4 Å². The van der Waals surface area contributed by atoms with Crippen LogP contribution in [0.3, 0.4) is 0 Å². The van der Waals surface area contributed by atoms with E-state index in [1.807, 2.05) is 0 Å². The van der Waals surface area contributed by atoms with Crippen molar-refractivity contribution in [2.24, 2.45) is 0 Å². The molecule has 9 heteroatoms. The fourth-order valence-electron chi connectivity index (χ4n) is 4.26. The van der Waals surface area contributed by atoms with Crippen molar-refractivity contribution >= 4 is 22.9 Å². The van der Waals surface area contributed by atoms with Gasteiger partial charge in [-0.25, -0.2) is 9.50 Å². The molecule has 2 aliphatic heterocycles. The van der Waals surface area contributed by atoms with Crippen LogP contribution >= 0.6 is 0 Å². The molecule has 0 bridgehead atoms. The molecular formula is C23H28N6O3. The molecule has 1 aromatic carbocycles. The molecule has 0 radical (unpaired) electrons. The lowest BCUT2D eigenvalue weighted by molar-refractivity contribution is 0.102. The Balaban J connectivity index is 1.44. The van der Waals surface area contributed by atoms with Crippen molar-refractivity contribution in [3.8, 4) is 5.75 Å². The Labute approximate surface area is 186 Å². The highest BCUT2D eigenvalue weighted by atomic mass is 16.5. The highest BCUT2D eigenvalue weighted by molar-refractivity contribution is 6.09. The number of nitrogens with zero attached hydrogens (tertiary/aromatic N) is 5. The van der Waals surface area contributed by atoms with Gasteiger partial charge in [0.25, 0.3) is 5.91 Å². The minimum Gasteiger partial charge on any atom is -0.490 e. The molecule has 1 amide bonds. The number of carbonyl (C=O) groups is 1. The third-order valence-corrected chi connectivity index (χ3v) is 5.94. The number of anilines is 2. The van der Waals surface area contributed by atoms with Gasteiger partial charge in [-0.1, -0.05) is 0 Å². The zero-order chi connectivity index (χ0) is 22.1. The lowest BCUT2D eigenvalue weighted by atomic mass is 10.1. The molecule has 1 N–H and O–H groups in total. The highest BCUT2D eigenvalue weighted by Gasteiger charge is 2.27. The summed E-state index contributed by atoms with van der Waals surface area (Å²) in [6.07, 6.45) is 6.95. The largest absolute Gasteiger partial charge is 0.490 e. The van der Waals surface area contributed by atoms with Gasteiger partial charge in [-0.05, 0) is 32.6 Å². The van der Waals surface area contributed by atoms with E-state index < -0.39 is 0 Å². The number of aromatic nitrogens is 3. The van der Waals surface area contributed by atoms with E-state index in [0.717, 1.165) is 55.2 Å². The molecule has 5 rings (SSSR count). The van der Waals surface area contributed by atoms with Crippen molar-refractivity contribution in [2.75, 3.05) is 57.2 Å². The summed E-state index contributed by atoms with van der Waals surface area (Å²) in [6, 6.07) is 5.92. The van der Waals surface area contributed by atoms with Crippen molar-refractivity contribution in [1.82, 2.24) is 19.5 Å². The number of fused-ring (bicyclic) bond motifs is 2. The standard InChI is InChI=1S/C23H28N6O3/c1-27(2)7-4-17-12-16-13-19(20(14-21(16)32-17)28-8-10-31-11-9-28)26-23(30)18-15-25-29-6-3-5-24-22(18)29/h3,5-6,13-15,17H,4,7-12H2,1-2H3,(H,26,30). The molecule has 9 nitrogen and oxygen atoms in total. The van der Waals surface area contributed by atoms with E-state index in [0.29, 0.717) is 24.4 Å². The minimum absolute atomic E-state index is 0.153. The predicted molar refractivity (Wildman–Crippen MR) is 122 cm³/mol. The lowest BCUT2D eigenvalue weighted by Crippen LogP contribution is -2.36. The van der Waals surface area contributed by atoms with Crippen molar-refractivity contribution in [3.05, 3.63) is 47.9 Å². The van der Waals surface area contributed by atoms with Crippen LogP contribution in [0, 0.1) is 0 Å². The second-order valence-electron chi connectivity index (χ2n) is 8.51. The second-order valence-corrected chi connectivity index (χ2v) is 8.51. The predicted octanol–water partition coefficient (Wildman–Crippen LogP) is 2.07. The first kappa shape index (κ1) is 20.7. The maximum Gasteiger partial charge on any atom is 0.261 e. The fourth-order valence-corrected chi connectivity index (χ4v) is 4.26. The summed E-state index contributed by atoms with van der Waals surface area (Å²) >= 11 is 0. The van der Waals surface area contributed by atoms with Crippen LogP contribution in [-0.4, -0.2) is 78.5 Å². The average molecular weight is 437 g/mol. The molecule has 4 heterocycles. The Morgan fingerprint density at radius 1 is 1.28 bits per heavy atom. The molecule has 2 aliphatic rings. The van der Waals surface area contributed by atoms with E-state index >= 15 is 0 Å². The van der Waals surface area contributed by atoms with Crippen LogP contribution in [0.1, 0.15) is 22.3 Å². The maximum atomic E-state index is 13.2. The second kappa shape index (κ2) is 8.76. The Morgan fingerprint density at radius 3 is 2.94 bits per heavy atom. The lowest BCUT2D eigenvalue weighted by Gasteiger charge is -2.31. The number of benzene rings is 1. The monoisotopic (exact) mass is 436 g/mol. The van der Waals surface area contributed by atoms with Gasteiger partial charge in [0.15, 0.2) is 5.65 Å². The maximum absolute atomic E-state index is 13.2. The van der Waals surface area contributed by atoms with Gasteiger partial charge in [-0.3, -0.25) is 4.79 Å². The molecule has 1 unspecified atom stereocenters.